The Labute approximate surface area is 139 Å². The second-order valence-electron chi connectivity index (χ2n) is 6.46. The lowest BCUT2D eigenvalue weighted by Gasteiger charge is -2.15. The maximum absolute atomic E-state index is 12.3. The second kappa shape index (κ2) is 6.03. The number of nitrogens with zero attached hydrogens (tertiary/aromatic N) is 1. The fraction of sp³-hybridized carbons (Fsp3) is 0.529. The van der Waals surface area contributed by atoms with Gasteiger partial charge >= 0.3 is 0 Å². The first-order valence-corrected chi connectivity index (χ1v) is 8.52. The molecule has 2 aliphatic rings. The van der Waals surface area contributed by atoms with E-state index in [9.17, 15) is 4.79 Å². The second-order valence-corrected chi connectivity index (χ2v) is 7.32. The molecular formula is C17H21BrN2O2. The third-order valence-corrected chi connectivity index (χ3v) is 5.80. The van der Waals surface area contributed by atoms with Gasteiger partial charge in [-0.2, -0.15) is 5.10 Å². The molecular weight excluding hydrogens is 344 g/mol. The summed E-state index contributed by atoms with van der Waals surface area (Å²) in [5, 5.41) is 4.10. The highest BCUT2D eigenvalue weighted by Crippen LogP contribution is 2.66. The fourth-order valence-electron chi connectivity index (χ4n) is 3.85. The van der Waals surface area contributed by atoms with E-state index in [4.69, 9.17) is 4.74 Å². The van der Waals surface area contributed by atoms with Crippen molar-refractivity contribution in [1.29, 1.82) is 0 Å². The largest absolute Gasteiger partial charge is 0.496 e. The van der Waals surface area contributed by atoms with Crippen LogP contribution in [0.5, 0.6) is 5.75 Å². The fourth-order valence-corrected chi connectivity index (χ4v) is 4.41. The van der Waals surface area contributed by atoms with Crippen LogP contribution >= 0.6 is 15.9 Å². The van der Waals surface area contributed by atoms with Gasteiger partial charge in [0.05, 0.1) is 17.8 Å². The predicted molar refractivity (Wildman–Crippen MR) is 90.0 cm³/mol. The molecule has 3 atom stereocenters. The first kappa shape index (κ1) is 15.5. The van der Waals surface area contributed by atoms with Crippen LogP contribution in [0.15, 0.2) is 27.8 Å². The Morgan fingerprint density at radius 2 is 2.32 bits per heavy atom. The molecule has 0 heterocycles. The Bertz CT molecular complexity index is 617. The van der Waals surface area contributed by atoms with Crippen LogP contribution in [0.4, 0.5) is 0 Å². The first-order valence-electron chi connectivity index (χ1n) is 7.73. The SMILES string of the molecule is COc1ccc(/C=N\NC(=O)[C@@H]2[C@@H]3CCCC[C@]23C)cc1Br. The number of halogens is 1. The topological polar surface area (TPSA) is 50.7 Å². The molecule has 5 heteroatoms. The Hall–Kier alpha value is -1.36. The monoisotopic (exact) mass is 364 g/mol. The number of fused-ring (bicyclic) bond motifs is 1. The summed E-state index contributed by atoms with van der Waals surface area (Å²) in [6, 6.07) is 5.67. The summed E-state index contributed by atoms with van der Waals surface area (Å²) < 4.78 is 6.05. The lowest BCUT2D eigenvalue weighted by atomic mass is 9.90. The van der Waals surface area contributed by atoms with Crippen molar-refractivity contribution in [2.45, 2.75) is 32.6 Å². The minimum Gasteiger partial charge on any atom is -0.496 e. The van der Waals surface area contributed by atoms with E-state index in [0.717, 1.165) is 15.8 Å². The Morgan fingerprint density at radius 3 is 2.95 bits per heavy atom. The molecule has 0 aliphatic heterocycles. The molecule has 0 unspecified atom stereocenters. The number of carbonyl (C=O) groups is 1. The van der Waals surface area contributed by atoms with Crippen molar-refractivity contribution in [3.63, 3.8) is 0 Å². The van der Waals surface area contributed by atoms with Crippen molar-refractivity contribution < 1.29 is 9.53 Å². The number of methoxy groups -OCH3 is 1. The van der Waals surface area contributed by atoms with Crippen LogP contribution in [0, 0.1) is 17.3 Å². The summed E-state index contributed by atoms with van der Waals surface area (Å²) in [4.78, 5) is 12.3. The molecule has 1 aromatic rings. The molecule has 0 saturated heterocycles. The van der Waals surface area contributed by atoms with Gasteiger partial charge in [-0.3, -0.25) is 4.79 Å². The van der Waals surface area contributed by atoms with E-state index in [0.29, 0.717) is 5.92 Å². The van der Waals surface area contributed by atoms with Crippen molar-refractivity contribution in [3.8, 4) is 5.75 Å². The molecule has 118 valence electrons. The average Bonchev–Trinajstić information content (AvgIpc) is 3.13. The molecule has 0 aromatic heterocycles. The minimum absolute atomic E-state index is 0.0678. The van der Waals surface area contributed by atoms with Gasteiger partial charge in [0.2, 0.25) is 5.91 Å². The lowest BCUT2D eigenvalue weighted by molar-refractivity contribution is -0.123. The molecule has 1 aromatic carbocycles. The predicted octanol–water partition coefficient (Wildman–Crippen LogP) is 3.73. The van der Waals surface area contributed by atoms with Gasteiger partial charge in [-0.15, -0.1) is 0 Å². The van der Waals surface area contributed by atoms with E-state index >= 15 is 0 Å². The van der Waals surface area contributed by atoms with Crippen LogP contribution < -0.4 is 10.2 Å². The van der Waals surface area contributed by atoms with Crippen LogP contribution in [0.1, 0.15) is 38.2 Å². The summed E-state index contributed by atoms with van der Waals surface area (Å²) in [6.45, 7) is 2.24. The summed E-state index contributed by atoms with van der Waals surface area (Å²) in [5.74, 6) is 1.55. The van der Waals surface area contributed by atoms with Gasteiger partial charge in [0.1, 0.15) is 5.75 Å². The van der Waals surface area contributed by atoms with Crippen LogP contribution in [-0.4, -0.2) is 19.2 Å². The van der Waals surface area contributed by atoms with Crippen LogP contribution in [0.3, 0.4) is 0 Å². The van der Waals surface area contributed by atoms with Crippen LogP contribution in [0.25, 0.3) is 0 Å². The number of hydrogen-bond donors (Lipinski definition) is 1. The van der Waals surface area contributed by atoms with Gasteiger partial charge < -0.3 is 4.74 Å². The molecule has 2 aliphatic carbocycles. The highest BCUT2D eigenvalue weighted by atomic mass is 79.9. The molecule has 4 nitrogen and oxygen atoms in total. The third kappa shape index (κ3) is 2.78. The van der Waals surface area contributed by atoms with Crippen molar-refractivity contribution >= 4 is 28.1 Å². The van der Waals surface area contributed by atoms with Gasteiger partial charge in [-0.25, -0.2) is 5.43 Å². The Kier molecular flexibility index (Phi) is 4.26. The number of nitrogens with one attached hydrogen (secondary N) is 1. The summed E-state index contributed by atoms with van der Waals surface area (Å²) in [5.41, 5.74) is 3.84. The molecule has 3 rings (SSSR count). The van der Waals surface area contributed by atoms with Crippen LogP contribution in [-0.2, 0) is 4.79 Å². The molecule has 1 N–H and O–H groups in total. The standard InChI is InChI=1S/C17H21BrN2O2/c1-17-8-4-3-5-12(17)15(17)16(21)20-19-10-11-6-7-14(22-2)13(18)9-11/h6-7,9-10,12,15H,3-5,8H2,1-2H3,(H,20,21)/b19-10-/t12-,15-,17-/m0/s1. The van der Waals surface area contributed by atoms with Crippen molar-refractivity contribution in [2.24, 2.45) is 22.4 Å². The molecule has 2 saturated carbocycles. The van der Waals surface area contributed by atoms with E-state index in [-0.39, 0.29) is 17.2 Å². The number of rotatable bonds is 4. The summed E-state index contributed by atoms with van der Waals surface area (Å²) in [6.07, 6.45) is 6.53. The number of hydrazone groups is 1. The minimum atomic E-state index is 0.0678. The molecule has 22 heavy (non-hydrogen) atoms. The number of hydrogen-bond acceptors (Lipinski definition) is 3. The van der Waals surface area contributed by atoms with Gasteiger partial charge in [-0.05, 0) is 63.9 Å². The van der Waals surface area contributed by atoms with E-state index in [1.165, 1.54) is 25.7 Å². The highest BCUT2D eigenvalue weighted by Gasteiger charge is 2.64. The number of ether oxygens (including phenoxy) is 1. The Balaban J connectivity index is 1.58. The molecule has 1 amide bonds. The quantitative estimate of drug-likeness (QED) is 0.653. The zero-order valence-electron chi connectivity index (χ0n) is 12.9. The maximum atomic E-state index is 12.3. The van der Waals surface area contributed by atoms with Crippen molar-refractivity contribution in [1.82, 2.24) is 5.43 Å². The first-order chi connectivity index (χ1) is 10.6. The molecule has 0 radical (unpaired) electrons. The van der Waals surface area contributed by atoms with E-state index in [1.54, 1.807) is 13.3 Å². The van der Waals surface area contributed by atoms with E-state index < -0.39 is 0 Å². The Morgan fingerprint density at radius 1 is 1.50 bits per heavy atom. The van der Waals surface area contributed by atoms with Crippen LogP contribution in [0.2, 0.25) is 0 Å². The third-order valence-electron chi connectivity index (χ3n) is 5.18. The molecule has 0 spiro atoms. The van der Waals surface area contributed by atoms with Crippen molar-refractivity contribution in [2.75, 3.05) is 7.11 Å². The number of carbonyl (C=O) groups excluding carboxylic acids is 1. The highest BCUT2D eigenvalue weighted by molar-refractivity contribution is 9.10. The maximum Gasteiger partial charge on any atom is 0.244 e. The lowest BCUT2D eigenvalue weighted by Crippen LogP contribution is -2.22. The number of amides is 1. The zero-order chi connectivity index (χ0) is 15.7. The average molecular weight is 365 g/mol. The van der Waals surface area contributed by atoms with Gasteiger partial charge in [-0.1, -0.05) is 19.8 Å². The zero-order valence-corrected chi connectivity index (χ0v) is 14.5. The van der Waals surface area contributed by atoms with Gasteiger partial charge in [0.25, 0.3) is 0 Å². The molecule has 0 bridgehead atoms. The van der Waals surface area contributed by atoms with Gasteiger partial charge in [0.15, 0.2) is 0 Å². The smallest absolute Gasteiger partial charge is 0.244 e. The summed E-state index contributed by atoms with van der Waals surface area (Å²) in [7, 11) is 1.63. The normalized spacial score (nSPS) is 30.0. The van der Waals surface area contributed by atoms with E-state index in [2.05, 4.69) is 33.4 Å². The van der Waals surface area contributed by atoms with Gasteiger partial charge in [0, 0.05) is 5.92 Å². The van der Waals surface area contributed by atoms with E-state index in [1.807, 2.05) is 18.2 Å². The summed E-state index contributed by atoms with van der Waals surface area (Å²) >= 11 is 3.44. The van der Waals surface area contributed by atoms with Crippen molar-refractivity contribution in [3.05, 3.63) is 28.2 Å². The molecule has 2 fully saturated rings. The number of benzene rings is 1.